The second kappa shape index (κ2) is 6.75. The van der Waals surface area contributed by atoms with Gasteiger partial charge in [0.05, 0.1) is 7.11 Å². The highest BCUT2D eigenvalue weighted by molar-refractivity contribution is 5.98. The number of fused-ring (bicyclic) bond motifs is 1. The van der Waals surface area contributed by atoms with Gasteiger partial charge in [-0.1, -0.05) is 11.6 Å². The van der Waals surface area contributed by atoms with E-state index in [0.717, 1.165) is 42.8 Å². The average Bonchev–Trinajstić information content (AvgIpc) is 3.11. The molecule has 134 valence electrons. The number of carbonyl (C=O) groups excluding carboxylic acids is 1. The lowest BCUT2D eigenvalue weighted by Gasteiger charge is -2.36. The Morgan fingerprint density at radius 3 is 2.42 bits per heavy atom. The van der Waals surface area contributed by atoms with Gasteiger partial charge >= 0.3 is 0 Å². The molecule has 5 heteroatoms. The molecular weight excluding hydrogens is 326 g/mol. The van der Waals surface area contributed by atoms with Gasteiger partial charge in [-0.2, -0.15) is 0 Å². The highest BCUT2D eigenvalue weighted by atomic mass is 16.5. The smallest absolute Gasteiger partial charge is 0.270 e. The molecule has 2 aromatic carbocycles. The minimum atomic E-state index is 0.0771. The molecule has 0 aliphatic carbocycles. The molecule has 4 rings (SSSR count). The molecule has 1 fully saturated rings. The van der Waals surface area contributed by atoms with Crippen LogP contribution in [0.15, 0.2) is 48.5 Å². The number of ether oxygens (including phenoxy) is 1. The fraction of sp³-hybridized carbons (Fsp3) is 0.286. The first-order valence-electron chi connectivity index (χ1n) is 8.92. The molecule has 1 aromatic heterocycles. The summed E-state index contributed by atoms with van der Waals surface area (Å²) in [6.45, 7) is 5.17. The number of hydrogen-bond donors (Lipinski definition) is 1. The van der Waals surface area contributed by atoms with E-state index in [4.69, 9.17) is 4.74 Å². The molecular formula is C21H23N3O2. The number of H-pyrrole nitrogens is 1. The molecule has 0 spiro atoms. The normalized spacial score (nSPS) is 14.7. The minimum absolute atomic E-state index is 0.0771. The molecule has 1 amide bonds. The third-order valence-corrected chi connectivity index (χ3v) is 5.01. The van der Waals surface area contributed by atoms with E-state index in [2.05, 4.69) is 41.1 Å². The predicted octanol–water partition coefficient (Wildman–Crippen LogP) is 3.45. The zero-order chi connectivity index (χ0) is 18.1. The maximum Gasteiger partial charge on any atom is 0.270 e. The molecule has 1 aliphatic rings. The van der Waals surface area contributed by atoms with Crippen LogP contribution in [-0.2, 0) is 0 Å². The molecule has 5 nitrogen and oxygen atoms in total. The first kappa shape index (κ1) is 16.5. The lowest BCUT2D eigenvalue weighted by Crippen LogP contribution is -2.48. The van der Waals surface area contributed by atoms with Crippen molar-refractivity contribution < 1.29 is 9.53 Å². The highest BCUT2D eigenvalue weighted by Gasteiger charge is 2.23. The Kier molecular flexibility index (Phi) is 4.29. The van der Waals surface area contributed by atoms with Crippen molar-refractivity contribution in [2.45, 2.75) is 6.92 Å². The number of nitrogens with zero attached hydrogens (tertiary/aromatic N) is 2. The van der Waals surface area contributed by atoms with Crippen LogP contribution in [0.1, 0.15) is 16.1 Å². The average molecular weight is 349 g/mol. The Morgan fingerprint density at radius 1 is 1.00 bits per heavy atom. The number of aromatic nitrogens is 1. The van der Waals surface area contributed by atoms with Crippen LogP contribution < -0.4 is 9.64 Å². The molecule has 0 unspecified atom stereocenters. The van der Waals surface area contributed by atoms with Crippen LogP contribution in [-0.4, -0.2) is 49.1 Å². The number of hydrogen-bond acceptors (Lipinski definition) is 3. The van der Waals surface area contributed by atoms with Crippen LogP contribution >= 0.6 is 0 Å². The molecule has 2 heterocycles. The Bertz CT molecular complexity index is 922. The first-order valence-corrected chi connectivity index (χ1v) is 8.92. The quantitative estimate of drug-likeness (QED) is 0.788. The molecule has 0 saturated carbocycles. The number of carbonyl (C=O) groups is 1. The summed E-state index contributed by atoms with van der Waals surface area (Å²) in [6, 6.07) is 16.2. The minimum Gasteiger partial charge on any atom is -0.497 e. The Morgan fingerprint density at radius 2 is 1.73 bits per heavy atom. The second-order valence-corrected chi connectivity index (χ2v) is 6.75. The number of methoxy groups -OCH3 is 1. The number of amides is 1. The molecule has 0 atom stereocenters. The van der Waals surface area contributed by atoms with E-state index in [1.54, 1.807) is 7.11 Å². The fourth-order valence-electron chi connectivity index (χ4n) is 3.50. The summed E-state index contributed by atoms with van der Waals surface area (Å²) in [7, 11) is 1.67. The number of aromatic amines is 1. The van der Waals surface area contributed by atoms with Crippen LogP contribution in [0.3, 0.4) is 0 Å². The van der Waals surface area contributed by atoms with Gasteiger partial charge in [0.15, 0.2) is 0 Å². The lowest BCUT2D eigenvalue weighted by atomic mass is 10.2. The Labute approximate surface area is 153 Å². The third kappa shape index (κ3) is 3.12. The zero-order valence-electron chi connectivity index (χ0n) is 15.2. The second-order valence-electron chi connectivity index (χ2n) is 6.75. The van der Waals surface area contributed by atoms with Gasteiger partial charge < -0.3 is 19.5 Å². The van der Waals surface area contributed by atoms with Crippen molar-refractivity contribution >= 4 is 22.5 Å². The van der Waals surface area contributed by atoms with Crippen LogP contribution in [0.4, 0.5) is 5.69 Å². The van der Waals surface area contributed by atoms with Crippen molar-refractivity contribution in [2.75, 3.05) is 38.2 Å². The Balaban J connectivity index is 1.43. The van der Waals surface area contributed by atoms with E-state index < -0.39 is 0 Å². The number of benzene rings is 2. The van der Waals surface area contributed by atoms with Gasteiger partial charge in [0.25, 0.3) is 5.91 Å². The summed E-state index contributed by atoms with van der Waals surface area (Å²) in [5, 5.41) is 1.09. The van der Waals surface area contributed by atoms with Crippen LogP contribution in [0.25, 0.3) is 10.9 Å². The number of aryl methyl sites for hydroxylation is 1. The maximum absolute atomic E-state index is 12.8. The summed E-state index contributed by atoms with van der Waals surface area (Å²) in [5.74, 6) is 0.935. The van der Waals surface area contributed by atoms with Gasteiger partial charge in [0.2, 0.25) is 0 Å². The molecule has 0 radical (unpaired) electrons. The monoisotopic (exact) mass is 349 g/mol. The number of nitrogens with one attached hydrogen (secondary N) is 1. The Hall–Kier alpha value is -2.95. The van der Waals surface area contributed by atoms with Gasteiger partial charge in [-0.05, 0) is 49.4 Å². The van der Waals surface area contributed by atoms with Crippen molar-refractivity contribution in [3.8, 4) is 5.75 Å². The summed E-state index contributed by atoms with van der Waals surface area (Å²) < 4.78 is 5.21. The standard InChI is InChI=1S/C21H23N3O2/c1-15-3-8-19-16(13-15)14-20(22-19)21(25)24-11-9-23(10-12-24)17-4-6-18(26-2)7-5-17/h3-8,13-14,22H,9-12H2,1-2H3. The summed E-state index contributed by atoms with van der Waals surface area (Å²) in [4.78, 5) is 20.3. The van der Waals surface area contributed by atoms with E-state index in [1.807, 2.05) is 29.2 Å². The van der Waals surface area contributed by atoms with Crippen molar-refractivity contribution in [3.63, 3.8) is 0 Å². The lowest BCUT2D eigenvalue weighted by molar-refractivity contribution is 0.0742. The van der Waals surface area contributed by atoms with E-state index in [1.165, 1.54) is 11.3 Å². The summed E-state index contributed by atoms with van der Waals surface area (Å²) in [6.07, 6.45) is 0. The number of piperazine rings is 1. The fourth-order valence-corrected chi connectivity index (χ4v) is 3.50. The van der Waals surface area contributed by atoms with Gasteiger partial charge in [-0.25, -0.2) is 0 Å². The zero-order valence-corrected chi connectivity index (χ0v) is 15.2. The van der Waals surface area contributed by atoms with Gasteiger partial charge in [0, 0.05) is 42.8 Å². The molecule has 3 aromatic rings. The first-order chi connectivity index (χ1) is 12.6. The third-order valence-electron chi connectivity index (χ3n) is 5.01. The van der Waals surface area contributed by atoms with E-state index >= 15 is 0 Å². The SMILES string of the molecule is COc1ccc(N2CCN(C(=O)c3cc4cc(C)ccc4[nH]3)CC2)cc1. The predicted molar refractivity (Wildman–Crippen MR) is 104 cm³/mol. The number of anilines is 1. The van der Waals surface area contributed by atoms with Crippen LogP contribution in [0.2, 0.25) is 0 Å². The molecule has 0 bridgehead atoms. The van der Waals surface area contributed by atoms with Gasteiger partial charge in [-0.15, -0.1) is 0 Å². The molecule has 1 N–H and O–H groups in total. The number of rotatable bonds is 3. The van der Waals surface area contributed by atoms with E-state index in [0.29, 0.717) is 5.69 Å². The van der Waals surface area contributed by atoms with Crippen molar-refractivity contribution in [1.29, 1.82) is 0 Å². The maximum atomic E-state index is 12.8. The van der Waals surface area contributed by atoms with Crippen molar-refractivity contribution in [1.82, 2.24) is 9.88 Å². The summed E-state index contributed by atoms with van der Waals surface area (Å²) >= 11 is 0. The van der Waals surface area contributed by atoms with Gasteiger partial charge in [-0.3, -0.25) is 4.79 Å². The van der Waals surface area contributed by atoms with Crippen LogP contribution in [0, 0.1) is 6.92 Å². The van der Waals surface area contributed by atoms with Crippen molar-refractivity contribution in [3.05, 3.63) is 59.8 Å². The molecule has 1 aliphatic heterocycles. The van der Waals surface area contributed by atoms with E-state index in [-0.39, 0.29) is 5.91 Å². The summed E-state index contributed by atoms with van der Waals surface area (Å²) in [5.41, 5.74) is 4.04. The largest absolute Gasteiger partial charge is 0.497 e. The van der Waals surface area contributed by atoms with Crippen LogP contribution in [0.5, 0.6) is 5.75 Å². The molecule has 26 heavy (non-hydrogen) atoms. The van der Waals surface area contributed by atoms with Crippen molar-refractivity contribution in [2.24, 2.45) is 0 Å². The highest BCUT2D eigenvalue weighted by Crippen LogP contribution is 2.22. The molecule has 1 saturated heterocycles. The van der Waals surface area contributed by atoms with E-state index in [9.17, 15) is 4.79 Å². The topological polar surface area (TPSA) is 48.6 Å². The van der Waals surface area contributed by atoms with Gasteiger partial charge in [0.1, 0.15) is 11.4 Å².